The summed E-state index contributed by atoms with van der Waals surface area (Å²) in [6.07, 6.45) is 1.97. The molecule has 1 N–H and O–H groups in total. The largest absolute Gasteiger partial charge is 0.383 e. The van der Waals surface area contributed by atoms with Gasteiger partial charge in [-0.15, -0.1) is 0 Å². The quantitative estimate of drug-likeness (QED) is 0.575. The molecule has 1 aliphatic rings. The van der Waals surface area contributed by atoms with Crippen LogP contribution >= 0.6 is 11.6 Å². The highest BCUT2D eigenvalue weighted by Crippen LogP contribution is 2.36. The summed E-state index contributed by atoms with van der Waals surface area (Å²) in [5.41, 5.74) is 1.76. The van der Waals surface area contributed by atoms with Crippen LogP contribution in [0.4, 0.5) is 11.4 Å². The second kappa shape index (κ2) is 3.46. The molecule has 0 bridgehead atoms. The minimum absolute atomic E-state index is 0.0279. The molecule has 1 aromatic carbocycles. The van der Waals surface area contributed by atoms with E-state index in [-0.39, 0.29) is 10.7 Å². The van der Waals surface area contributed by atoms with Crippen LogP contribution < -0.4 is 5.32 Å². The lowest BCUT2D eigenvalue weighted by Gasteiger charge is -2.18. The molecule has 0 aromatic heterocycles. The standard InChI is InChI=1S/C9H9ClN2O2/c10-8-7(12(13)14)4-3-6-2-1-5-11-9(6)8/h3-4,11H,1-2,5H2. The van der Waals surface area contributed by atoms with E-state index in [2.05, 4.69) is 5.32 Å². The molecule has 0 saturated carbocycles. The van der Waals surface area contributed by atoms with Crippen LogP contribution in [0.1, 0.15) is 12.0 Å². The van der Waals surface area contributed by atoms with Crippen LogP contribution in [0.15, 0.2) is 12.1 Å². The summed E-state index contributed by atoms with van der Waals surface area (Å²) in [4.78, 5) is 10.1. The summed E-state index contributed by atoms with van der Waals surface area (Å²) in [7, 11) is 0. The average molecular weight is 213 g/mol. The smallest absolute Gasteiger partial charge is 0.290 e. The predicted molar refractivity (Wildman–Crippen MR) is 54.9 cm³/mol. The number of nitrogens with zero attached hydrogens (tertiary/aromatic N) is 1. The maximum atomic E-state index is 10.6. The zero-order valence-corrected chi connectivity index (χ0v) is 8.17. The third-order valence-corrected chi connectivity index (χ3v) is 2.71. The number of hydrogen-bond acceptors (Lipinski definition) is 3. The number of benzene rings is 1. The number of nitro groups is 1. The molecule has 1 aliphatic heterocycles. The second-order valence-corrected chi connectivity index (χ2v) is 3.60. The lowest BCUT2D eigenvalue weighted by Crippen LogP contribution is -2.12. The number of nitro benzene ring substituents is 1. The van der Waals surface area contributed by atoms with Crippen molar-refractivity contribution in [3.05, 3.63) is 32.8 Å². The van der Waals surface area contributed by atoms with Crippen molar-refractivity contribution in [2.24, 2.45) is 0 Å². The number of nitrogens with one attached hydrogen (secondary N) is 1. The summed E-state index contributed by atoms with van der Waals surface area (Å²) in [6, 6.07) is 3.24. The molecule has 1 heterocycles. The first-order valence-electron chi connectivity index (χ1n) is 4.40. The molecular formula is C9H9ClN2O2. The van der Waals surface area contributed by atoms with Crippen molar-refractivity contribution in [3.8, 4) is 0 Å². The lowest BCUT2D eigenvalue weighted by molar-refractivity contribution is -0.384. The zero-order chi connectivity index (χ0) is 10.1. The molecule has 0 unspecified atom stereocenters. The summed E-state index contributed by atoms with van der Waals surface area (Å²) in [5, 5.41) is 13.9. The maximum Gasteiger partial charge on any atom is 0.290 e. The summed E-state index contributed by atoms with van der Waals surface area (Å²) < 4.78 is 0. The molecule has 0 fully saturated rings. The van der Waals surface area contributed by atoms with Gasteiger partial charge in [-0.2, -0.15) is 0 Å². The highest BCUT2D eigenvalue weighted by atomic mass is 35.5. The average Bonchev–Trinajstić information content (AvgIpc) is 2.18. The molecular weight excluding hydrogens is 204 g/mol. The molecule has 2 rings (SSSR count). The van der Waals surface area contributed by atoms with Crippen LogP contribution in [0.3, 0.4) is 0 Å². The molecule has 0 amide bonds. The van der Waals surface area contributed by atoms with Crippen LogP contribution in [-0.2, 0) is 6.42 Å². The van der Waals surface area contributed by atoms with Crippen LogP contribution in [0.5, 0.6) is 0 Å². The molecule has 74 valence electrons. The van der Waals surface area contributed by atoms with E-state index in [1.165, 1.54) is 6.07 Å². The number of fused-ring (bicyclic) bond motifs is 1. The Labute approximate surface area is 86.0 Å². The minimum atomic E-state index is -0.459. The Morgan fingerprint density at radius 1 is 1.50 bits per heavy atom. The maximum absolute atomic E-state index is 10.6. The van der Waals surface area contributed by atoms with Gasteiger partial charge in [0.15, 0.2) is 0 Å². The van der Waals surface area contributed by atoms with Crippen LogP contribution in [0.25, 0.3) is 0 Å². The molecule has 0 radical (unpaired) electrons. The third kappa shape index (κ3) is 1.42. The van der Waals surface area contributed by atoms with Gasteiger partial charge in [0.2, 0.25) is 0 Å². The van der Waals surface area contributed by atoms with E-state index < -0.39 is 4.92 Å². The van der Waals surface area contributed by atoms with Crippen molar-refractivity contribution < 1.29 is 4.92 Å². The molecule has 0 spiro atoms. The zero-order valence-electron chi connectivity index (χ0n) is 7.42. The Hall–Kier alpha value is -1.29. The van der Waals surface area contributed by atoms with Gasteiger partial charge >= 0.3 is 0 Å². The molecule has 14 heavy (non-hydrogen) atoms. The van der Waals surface area contributed by atoms with Gasteiger partial charge in [0.05, 0.1) is 10.6 Å². The third-order valence-electron chi connectivity index (χ3n) is 2.33. The highest BCUT2D eigenvalue weighted by Gasteiger charge is 2.20. The first-order valence-corrected chi connectivity index (χ1v) is 4.77. The number of halogens is 1. The fourth-order valence-corrected chi connectivity index (χ4v) is 1.96. The van der Waals surface area contributed by atoms with Gasteiger partial charge in [-0.05, 0) is 18.4 Å². The number of rotatable bonds is 1. The number of hydrogen-bond donors (Lipinski definition) is 1. The first-order chi connectivity index (χ1) is 6.70. The summed E-state index contributed by atoms with van der Waals surface area (Å²) in [5.74, 6) is 0. The van der Waals surface area contributed by atoms with Gasteiger partial charge in [0, 0.05) is 12.6 Å². The van der Waals surface area contributed by atoms with Gasteiger partial charge in [0.25, 0.3) is 5.69 Å². The van der Waals surface area contributed by atoms with E-state index in [9.17, 15) is 10.1 Å². The van der Waals surface area contributed by atoms with E-state index in [1.54, 1.807) is 6.07 Å². The molecule has 4 nitrogen and oxygen atoms in total. The van der Waals surface area contributed by atoms with Crippen molar-refractivity contribution in [2.45, 2.75) is 12.8 Å². The van der Waals surface area contributed by atoms with E-state index in [0.29, 0.717) is 0 Å². The fraction of sp³-hybridized carbons (Fsp3) is 0.333. The minimum Gasteiger partial charge on any atom is -0.383 e. The van der Waals surface area contributed by atoms with E-state index in [0.717, 1.165) is 30.6 Å². The van der Waals surface area contributed by atoms with Gasteiger partial charge in [-0.3, -0.25) is 10.1 Å². The van der Waals surface area contributed by atoms with Crippen LogP contribution in [0.2, 0.25) is 5.02 Å². The Morgan fingerprint density at radius 3 is 3.00 bits per heavy atom. The Morgan fingerprint density at radius 2 is 2.29 bits per heavy atom. The van der Waals surface area contributed by atoms with Crippen molar-refractivity contribution in [2.75, 3.05) is 11.9 Å². The van der Waals surface area contributed by atoms with E-state index >= 15 is 0 Å². The molecule has 0 atom stereocenters. The fourth-order valence-electron chi connectivity index (χ4n) is 1.64. The van der Waals surface area contributed by atoms with Gasteiger partial charge in [-0.1, -0.05) is 17.7 Å². The SMILES string of the molecule is O=[N+]([O-])c1ccc2c(c1Cl)NCCC2. The molecule has 0 saturated heterocycles. The second-order valence-electron chi connectivity index (χ2n) is 3.22. The summed E-state index contributed by atoms with van der Waals surface area (Å²) >= 11 is 5.92. The van der Waals surface area contributed by atoms with Gasteiger partial charge in [0.1, 0.15) is 5.02 Å². The Balaban J connectivity index is 2.54. The van der Waals surface area contributed by atoms with Gasteiger partial charge < -0.3 is 5.32 Å². The molecule has 5 heteroatoms. The lowest BCUT2D eigenvalue weighted by atomic mass is 10.0. The van der Waals surface area contributed by atoms with Crippen LogP contribution in [0, 0.1) is 10.1 Å². The Kier molecular flexibility index (Phi) is 2.29. The van der Waals surface area contributed by atoms with Crippen LogP contribution in [-0.4, -0.2) is 11.5 Å². The van der Waals surface area contributed by atoms with E-state index in [4.69, 9.17) is 11.6 Å². The topological polar surface area (TPSA) is 55.2 Å². The van der Waals surface area contributed by atoms with Crippen molar-refractivity contribution in [1.82, 2.24) is 0 Å². The normalized spacial score (nSPS) is 14.4. The predicted octanol–water partition coefficient (Wildman–Crippen LogP) is 2.61. The van der Waals surface area contributed by atoms with Gasteiger partial charge in [-0.25, -0.2) is 0 Å². The summed E-state index contributed by atoms with van der Waals surface area (Å²) in [6.45, 7) is 0.827. The van der Waals surface area contributed by atoms with Crippen molar-refractivity contribution in [3.63, 3.8) is 0 Å². The van der Waals surface area contributed by atoms with E-state index in [1.807, 2.05) is 0 Å². The highest BCUT2D eigenvalue weighted by molar-refractivity contribution is 6.35. The van der Waals surface area contributed by atoms with Crippen molar-refractivity contribution >= 4 is 23.0 Å². The number of aryl methyl sites for hydroxylation is 1. The number of anilines is 1. The Bertz CT molecular complexity index is 393. The molecule has 1 aromatic rings. The monoisotopic (exact) mass is 212 g/mol. The van der Waals surface area contributed by atoms with Crippen molar-refractivity contribution in [1.29, 1.82) is 0 Å². The first kappa shape index (κ1) is 9.27. The molecule has 0 aliphatic carbocycles.